The third-order valence-electron chi connectivity index (χ3n) is 4.07. The van der Waals surface area contributed by atoms with Crippen molar-refractivity contribution in [2.45, 2.75) is 0 Å². The zero-order chi connectivity index (χ0) is 17.9. The van der Waals surface area contributed by atoms with Crippen LogP contribution in [0.2, 0.25) is 0 Å². The zero-order valence-electron chi connectivity index (χ0n) is 13.8. The highest BCUT2D eigenvalue weighted by molar-refractivity contribution is 6.08. The van der Waals surface area contributed by atoms with Crippen LogP contribution >= 0.6 is 0 Å². The molecule has 0 aliphatic rings. The van der Waals surface area contributed by atoms with Gasteiger partial charge in [0.25, 0.3) is 0 Å². The highest BCUT2D eigenvalue weighted by Gasteiger charge is 2.09. The molecule has 0 unspecified atom stereocenters. The second-order valence-electron chi connectivity index (χ2n) is 5.85. The molecule has 4 rings (SSSR count). The van der Waals surface area contributed by atoms with Gasteiger partial charge in [-0.15, -0.1) is 0 Å². The summed E-state index contributed by atoms with van der Waals surface area (Å²) in [5.74, 6) is -0.482. The highest BCUT2D eigenvalue weighted by Crippen LogP contribution is 2.33. The molecule has 5 heteroatoms. The van der Waals surface area contributed by atoms with Gasteiger partial charge in [-0.25, -0.2) is 9.78 Å². The van der Waals surface area contributed by atoms with Crippen LogP contribution < -0.4 is 10.1 Å². The predicted octanol–water partition coefficient (Wildman–Crippen LogP) is 4.60. The lowest BCUT2D eigenvalue weighted by Crippen LogP contribution is -2.09. The SMILES string of the molecule is O=C(O)COc1ccc(Nc2c3ccccc3nc3ccccc23)cc1. The van der Waals surface area contributed by atoms with Gasteiger partial charge in [0.15, 0.2) is 6.61 Å². The molecule has 3 aromatic carbocycles. The number of hydrogen-bond donors (Lipinski definition) is 2. The van der Waals surface area contributed by atoms with Gasteiger partial charge in [-0.05, 0) is 36.4 Å². The maximum atomic E-state index is 10.6. The molecule has 4 aromatic rings. The lowest BCUT2D eigenvalue weighted by Gasteiger charge is -2.13. The molecule has 1 heterocycles. The van der Waals surface area contributed by atoms with Gasteiger partial charge in [0.1, 0.15) is 5.75 Å². The van der Waals surface area contributed by atoms with E-state index in [0.717, 1.165) is 33.2 Å². The summed E-state index contributed by atoms with van der Waals surface area (Å²) in [6.07, 6.45) is 0. The Labute approximate surface area is 149 Å². The van der Waals surface area contributed by atoms with Crippen LogP contribution in [-0.2, 0) is 4.79 Å². The predicted molar refractivity (Wildman–Crippen MR) is 102 cm³/mol. The topological polar surface area (TPSA) is 71.5 Å². The van der Waals surface area contributed by atoms with Crippen LogP contribution in [-0.4, -0.2) is 22.7 Å². The quantitative estimate of drug-likeness (QED) is 0.518. The Hall–Kier alpha value is -3.60. The van der Waals surface area contributed by atoms with Gasteiger partial charge in [-0.2, -0.15) is 0 Å². The van der Waals surface area contributed by atoms with Gasteiger partial charge in [-0.3, -0.25) is 0 Å². The number of ether oxygens (including phenoxy) is 1. The first-order chi connectivity index (χ1) is 12.7. The standard InChI is InChI=1S/C21H16N2O3/c24-20(25)13-26-15-11-9-14(10-12-15)22-21-16-5-1-3-7-18(16)23-19-8-4-2-6-17(19)21/h1-12H,13H2,(H,22,23)(H,24,25). The van der Waals surface area contributed by atoms with E-state index < -0.39 is 5.97 Å². The van der Waals surface area contributed by atoms with Crippen molar-refractivity contribution >= 4 is 39.1 Å². The monoisotopic (exact) mass is 344 g/mol. The van der Waals surface area contributed by atoms with Crippen molar-refractivity contribution < 1.29 is 14.6 Å². The molecule has 0 radical (unpaired) electrons. The molecule has 0 spiro atoms. The van der Waals surface area contributed by atoms with E-state index in [0.29, 0.717) is 5.75 Å². The molecule has 0 fully saturated rings. The molecule has 0 bridgehead atoms. The molecule has 0 aliphatic heterocycles. The minimum Gasteiger partial charge on any atom is -0.482 e. The number of aliphatic carboxylic acids is 1. The van der Waals surface area contributed by atoms with E-state index in [1.54, 1.807) is 12.1 Å². The first-order valence-electron chi connectivity index (χ1n) is 8.20. The van der Waals surface area contributed by atoms with Crippen LogP contribution in [0.15, 0.2) is 72.8 Å². The number of pyridine rings is 1. The Morgan fingerprint density at radius 3 is 2.04 bits per heavy atom. The number of anilines is 2. The molecular formula is C21H16N2O3. The number of nitrogens with one attached hydrogen (secondary N) is 1. The fourth-order valence-corrected chi connectivity index (χ4v) is 2.90. The van der Waals surface area contributed by atoms with E-state index in [4.69, 9.17) is 14.8 Å². The summed E-state index contributed by atoms with van der Waals surface area (Å²) in [7, 11) is 0. The molecule has 0 saturated heterocycles. The maximum Gasteiger partial charge on any atom is 0.341 e. The average molecular weight is 344 g/mol. The van der Waals surface area contributed by atoms with Gasteiger partial charge >= 0.3 is 5.97 Å². The molecule has 1 aromatic heterocycles. The van der Waals surface area contributed by atoms with Crippen molar-refractivity contribution in [3.05, 3.63) is 72.8 Å². The van der Waals surface area contributed by atoms with Crippen molar-refractivity contribution in [3.63, 3.8) is 0 Å². The van der Waals surface area contributed by atoms with E-state index in [1.165, 1.54) is 0 Å². The van der Waals surface area contributed by atoms with E-state index in [-0.39, 0.29) is 6.61 Å². The van der Waals surface area contributed by atoms with Crippen molar-refractivity contribution in [2.75, 3.05) is 11.9 Å². The van der Waals surface area contributed by atoms with Gasteiger partial charge in [0.05, 0.1) is 16.7 Å². The number of benzene rings is 3. The molecule has 5 nitrogen and oxygen atoms in total. The van der Waals surface area contributed by atoms with E-state index in [1.807, 2.05) is 60.7 Å². The summed E-state index contributed by atoms with van der Waals surface area (Å²) < 4.78 is 5.18. The van der Waals surface area contributed by atoms with Crippen LogP contribution in [0.3, 0.4) is 0 Å². The van der Waals surface area contributed by atoms with Crippen molar-refractivity contribution in [2.24, 2.45) is 0 Å². The van der Waals surface area contributed by atoms with Crippen molar-refractivity contribution in [1.29, 1.82) is 0 Å². The lowest BCUT2D eigenvalue weighted by molar-refractivity contribution is -0.139. The Morgan fingerprint density at radius 2 is 1.46 bits per heavy atom. The van der Waals surface area contributed by atoms with Crippen LogP contribution in [0.4, 0.5) is 11.4 Å². The number of fused-ring (bicyclic) bond motifs is 2. The number of aromatic nitrogens is 1. The number of carboxylic acids is 1. The average Bonchev–Trinajstić information content (AvgIpc) is 2.67. The van der Waals surface area contributed by atoms with Gasteiger partial charge in [-0.1, -0.05) is 36.4 Å². The molecule has 0 aliphatic carbocycles. The third kappa shape index (κ3) is 3.15. The minimum atomic E-state index is -0.998. The summed E-state index contributed by atoms with van der Waals surface area (Å²) in [5, 5.41) is 14.2. The number of nitrogens with zero attached hydrogens (tertiary/aromatic N) is 1. The molecule has 0 saturated carbocycles. The highest BCUT2D eigenvalue weighted by atomic mass is 16.5. The van der Waals surface area contributed by atoms with E-state index >= 15 is 0 Å². The summed E-state index contributed by atoms with van der Waals surface area (Å²) >= 11 is 0. The summed E-state index contributed by atoms with van der Waals surface area (Å²) in [6.45, 7) is -0.355. The molecular weight excluding hydrogens is 328 g/mol. The number of para-hydroxylation sites is 2. The summed E-state index contributed by atoms with van der Waals surface area (Å²) in [6, 6.07) is 23.2. The number of carboxylic acid groups (broad SMARTS) is 1. The molecule has 26 heavy (non-hydrogen) atoms. The first-order valence-corrected chi connectivity index (χ1v) is 8.20. The number of carbonyl (C=O) groups is 1. The Balaban J connectivity index is 1.72. The van der Waals surface area contributed by atoms with Crippen LogP contribution in [0.5, 0.6) is 5.75 Å². The maximum absolute atomic E-state index is 10.6. The third-order valence-corrected chi connectivity index (χ3v) is 4.07. The fraction of sp³-hybridized carbons (Fsp3) is 0.0476. The van der Waals surface area contributed by atoms with Crippen molar-refractivity contribution in [1.82, 2.24) is 4.98 Å². The normalized spacial score (nSPS) is 10.8. The Morgan fingerprint density at radius 1 is 0.885 bits per heavy atom. The van der Waals surface area contributed by atoms with Crippen LogP contribution in [0.1, 0.15) is 0 Å². The fourth-order valence-electron chi connectivity index (χ4n) is 2.90. The van der Waals surface area contributed by atoms with Gasteiger partial charge in [0.2, 0.25) is 0 Å². The minimum absolute atomic E-state index is 0.355. The smallest absolute Gasteiger partial charge is 0.341 e. The molecule has 2 N–H and O–H groups in total. The Bertz CT molecular complexity index is 1040. The first kappa shape index (κ1) is 15.9. The van der Waals surface area contributed by atoms with Crippen LogP contribution in [0, 0.1) is 0 Å². The second-order valence-corrected chi connectivity index (χ2v) is 5.85. The lowest BCUT2D eigenvalue weighted by atomic mass is 10.1. The summed E-state index contributed by atoms with van der Waals surface area (Å²) in [4.78, 5) is 15.3. The zero-order valence-corrected chi connectivity index (χ0v) is 13.8. The number of rotatable bonds is 5. The van der Waals surface area contributed by atoms with Gasteiger partial charge in [0, 0.05) is 16.5 Å². The summed E-state index contributed by atoms with van der Waals surface area (Å²) in [5.41, 5.74) is 3.73. The van der Waals surface area contributed by atoms with Crippen LogP contribution in [0.25, 0.3) is 21.8 Å². The second kappa shape index (κ2) is 6.72. The molecule has 128 valence electrons. The molecule has 0 atom stereocenters. The number of hydrogen-bond acceptors (Lipinski definition) is 4. The Kier molecular flexibility index (Phi) is 4.11. The van der Waals surface area contributed by atoms with E-state index in [2.05, 4.69) is 5.32 Å². The van der Waals surface area contributed by atoms with Crippen molar-refractivity contribution in [3.8, 4) is 5.75 Å². The van der Waals surface area contributed by atoms with Gasteiger partial charge < -0.3 is 15.2 Å². The van der Waals surface area contributed by atoms with E-state index in [9.17, 15) is 4.79 Å². The molecule has 0 amide bonds. The largest absolute Gasteiger partial charge is 0.482 e.